The lowest BCUT2D eigenvalue weighted by Crippen LogP contribution is -2.15. The van der Waals surface area contributed by atoms with Gasteiger partial charge in [0.15, 0.2) is 0 Å². The van der Waals surface area contributed by atoms with Crippen LogP contribution in [-0.4, -0.2) is 19.1 Å². The molecular formula is C62H44N4. The maximum absolute atomic E-state index is 5.51. The molecule has 2 aliphatic rings. The second kappa shape index (κ2) is 13.2. The summed E-state index contributed by atoms with van der Waals surface area (Å²) in [5, 5.41) is 5.97. The van der Waals surface area contributed by atoms with Gasteiger partial charge in [0.1, 0.15) is 0 Å². The van der Waals surface area contributed by atoms with Crippen molar-refractivity contribution in [3.63, 3.8) is 0 Å². The van der Waals surface area contributed by atoms with E-state index in [9.17, 15) is 0 Å². The van der Waals surface area contributed by atoms with E-state index in [0.717, 1.165) is 38.9 Å². The molecule has 0 saturated heterocycles. The van der Waals surface area contributed by atoms with Crippen molar-refractivity contribution in [2.45, 2.75) is 38.5 Å². The van der Waals surface area contributed by atoms with Crippen molar-refractivity contribution >= 4 is 54.5 Å². The van der Waals surface area contributed by atoms with E-state index in [1.165, 1.54) is 88.2 Å². The molecule has 2 aliphatic carbocycles. The van der Waals surface area contributed by atoms with Crippen LogP contribution in [0.2, 0.25) is 0 Å². The van der Waals surface area contributed by atoms with Gasteiger partial charge in [0, 0.05) is 49.0 Å². The van der Waals surface area contributed by atoms with Gasteiger partial charge >= 0.3 is 0 Å². The Bertz CT molecular complexity index is 4050. The minimum Gasteiger partial charge on any atom is -0.309 e. The Morgan fingerprint density at radius 1 is 0.364 bits per heavy atom. The van der Waals surface area contributed by atoms with Crippen LogP contribution in [0.3, 0.4) is 0 Å². The lowest BCUT2D eigenvalue weighted by Gasteiger charge is -2.22. The average Bonchev–Trinajstić information content (AvgIpc) is 4.02. The van der Waals surface area contributed by atoms with E-state index in [4.69, 9.17) is 9.97 Å². The molecule has 14 rings (SSSR count). The third kappa shape index (κ3) is 4.99. The van der Waals surface area contributed by atoms with Crippen LogP contribution in [0.4, 0.5) is 0 Å². The molecule has 0 aliphatic heterocycles. The van der Waals surface area contributed by atoms with Gasteiger partial charge < -0.3 is 4.57 Å². The van der Waals surface area contributed by atoms with Crippen LogP contribution in [-0.2, 0) is 10.8 Å². The number of nitrogens with zero attached hydrogens (tertiary/aromatic N) is 4. The summed E-state index contributed by atoms with van der Waals surface area (Å²) in [6, 6.07) is 71.3. The molecule has 12 aromatic rings. The van der Waals surface area contributed by atoms with Gasteiger partial charge in [0.2, 0.25) is 5.95 Å². The maximum Gasteiger partial charge on any atom is 0.235 e. The molecule has 0 radical (unpaired) electrons. The van der Waals surface area contributed by atoms with Crippen molar-refractivity contribution < 1.29 is 0 Å². The fraction of sp³-hybridized carbons (Fsp3) is 0.0968. The van der Waals surface area contributed by atoms with Crippen LogP contribution in [0, 0.1) is 0 Å². The highest BCUT2D eigenvalue weighted by Gasteiger charge is 2.38. The zero-order valence-corrected chi connectivity index (χ0v) is 37.3. The fourth-order valence-corrected chi connectivity index (χ4v) is 12.0. The molecular weight excluding hydrogens is 801 g/mol. The highest BCUT2D eigenvalue weighted by molar-refractivity contribution is 6.16. The summed E-state index contributed by atoms with van der Waals surface area (Å²) in [5.74, 6) is 0.665. The second-order valence-electron chi connectivity index (χ2n) is 19.4. The van der Waals surface area contributed by atoms with E-state index in [2.05, 4.69) is 231 Å². The Balaban J connectivity index is 0.960. The fourth-order valence-electron chi connectivity index (χ4n) is 12.0. The quantitative estimate of drug-likeness (QED) is 0.177. The summed E-state index contributed by atoms with van der Waals surface area (Å²) >= 11 is 0. The Kier molecular flexibility index (Phi) is 7.49. The Morgan fingerprint density at radius 3 is 1.71 bits per heavy atom. The first-order valence-electron chi connectivity index (χ1n) is 23.1. The van der Waals surface area contributed by atoms with E-state index in [0.29, 0.717) is 5.95 Å². The van der Waals surface area contributed by atoms with E-state index in [-0.39, 0.29) is 10.8 Å². The third-order valence-corrected chi connectivity index (χ3v) is 15.1. The van der Waals surface area contributed by atoms with Crippen molar-refractivity contribution in [2.24, 2.45) is 0 Å². The minimum atomic E-state index is -0.161. The number of aromatic nitrogens is 4. The zero-order valence-electron chi connectivity index (χ0n) is 37.3. The molecule has 0 saturated carbocycles. The summed E-state index contributed by atoms with van der Waals surface area (Å²) in [6.45, 7) is 9.46. The van der Waals surface area contributed by atoms with E-state index < -0.39 is 0 Å². The molecule has 0 spiro atoms. The molecule has 66 heavy (non-hydrogen) atoms. The van der Waals surface area contributed by atoms with Crippen molar-refractivity contribution in [3.05, 3.63) is 216 Å². The minimum absolute atomic E-state index is 0.121. The summed E-state index contributed by atoms with van der Waals surface area (Å²) < 4.78 is 4.71. The van der Waals surface area contributed by atoms with Crippen LogP contribution in [0.5, 0.6) is 0 Å². The summed E-state index contributed by atoms with van der Waals surface area (Å²) in [7, 11) is 0. The normalized spacial score (nSPS) is 14.3. The van der Waals surface area contributed by atoms with Gasteiger partial charge in [-0.05, 0) is 116 Å². The first-order valence-corrected chi connectivity index (χ1v) is 23.1. The summed E-state index contributed by atoms with van der Waals surface area (Å²) in [5.41, 5.74) is 21.6. The molecule has 312 valence electrons. The predicted octanol–water partition coefficient (Wildman–Crippen LogP) is 15.8. The van der Waals surface area contributed by atoms with Crippen molar-refractivity contribution in [1.29, 1.82) is 0 Å². The van der Waals surface area contributed by atoms with Gasteiger partial charge in [-0.25, -0.2) is 9.97 Å². The summed E-state index contributed by atoms with van der Waals surface area (Å²) in [6.07, 6.45) is 0. The number of benzene rings is 9. The van der Waals surface area contributed by atoms with Gasteiger partial charge in [-0.1, -0.05) is 161 Å². The highest BCUT2D eigenvalue weighted by atomic mass is 15.2. The molecule has 0 amide bonds. The van der Waals surface area contributed by atoms with Gasteiger partial charge in [-0.3, -0.25) is 4.57 Å². The van der Waals surface area contributed by atoms with Gasteiger partial charge in [0.05, 0.1) is 33.3 Å². The third-order valence-electron chi connectivity index (χ3n) is 15.1. The molecule has 0 unspecified atom stereocenters. The maximum atomic E-state index is 5.51. The average molecular weight is 845 g/mol. The van der Waals surface area contributed by atoms with Crippen LogP contribution in [0.25, 0.3) is 111 Å². The number of para-hydroxylation sites is 3. The smallest absolute Gasteiger partial charge is 0.235 e. The van der Waals surface area contributed by atoms with Gasteiger partial charge in [-0.2, -0.15) is 0 Å². The molecule has 4 heteroatoms. The van der Waals surface area contributed by atoms with E-state index in [1.54, 1.807) is 0 Å². The number of hydrogen-bond acceptors (Lipinski definition) is 2. The second-order valence-corrected chi connectivity index (χ2v) is 19.4. The molecule has 9 aromatic carbocycles. The monoisotopic (exact) mass is 844 g/mol. The van der Waals surface area contributed by atoms with Crippen LogP contribution >= 0.6 is 0 Å². The first-order chi connectivity index (χ1) is 32.3. The molecule has 0 N–H and O–H groups in total. The van der Waals surface area contributed by atoms with Crippen molar-refractivity contribution in [3.8, 4) is 56.3 Å². The molecule has 0 atom stereocenters. The standard InChI is InChI=1S/C62H44N4/c1-61(2)49-22-12-8-18-41(49)43-29-26-39(36-51(43)61)59-46-21-10-14-24-52(46)63-60(64-59)66-53-25-15-11-20-44(53)47-34-37(27-31-54(47)66)38-28-32-55-48(35-38)57-56(65(55)40-16-6-5-7-17-40)33-30-45-42-19-9-13-23-50(42)62(3,4)58(45)57/h5-36H,1-4H3. The Morgan fingerprint density at radius 2 is 0.924 bits per heavy atom. The number of hydrogen-bond donors (Lipinski definition) is 0. The lowest BCUT2D eigenvalue weighted by molar-refractivity contribution is 0.660. The predicted molar refractivity (Wildman–Crippen MR) is 274 cm³/mol. The Labute approximate surface area is 383 Å². The SMILES string of the molecule is CC1(C)c2ccccc2-c2ccc(-c3nc(-n4c5ccccc5c5cc(-c6ccc7c(c6)c6c8c(ccc6n7-c6ccccc6)-c6ccccc6C8(C)C)ccc54)nc4ccccc34)cc21. The van der Waals surface area contributed by atoms with Crippen LogP contribution < -0.4 is 0 Å². The van der Waals surface area contributed by atoms with Gasteiger partial charge in [0.25, 0.3) is 0 Å². The van der Waals surface area contributed by atoms with E-state index >= 15 is 0 Å². The lowest BCUT2D eigenvalue weighted by atomic mass is 9.80. The van der Waals surface area contributed by atoms with Gasteiger partial charge in [-0.15, -0.1) is 0 Å². The van der Waals surface area contributed by atoms with Crippen LogP contribution in [0.15, 0.2) is 194 Å². The zero-order chi connectivity index (χ0) is 44.1. The van der Waals surface area contributed by atoms with E-state index in [1.807, 2.05) is 0 Å². The summed E-state index contributed by atoms with van der Waals surface area (Å²) in [4.78, 5) is 10.8. The number of rotatable bonds is 4. The van der Waals surface area contributed by atoms with Crippen molar-refractivity contribution in [1.82, 2.24) is 19.1 Å². The molecule has 0 bridgehead atoms. The first kappa shape index (κ1) is 37.3. The molecule has 0 fully saturated rings. The molecule has 4 nitrogen and oxygen atoms in total. The Hall–Kier alpha value is -8.08. The molecule has 3 aromatic heterocycles. The number of fused-ring (bicyclic) bond motifs is 14. The van der Waals surface area contributed by atoms with Crippen molar-refractivity contribution in [2.75, 3.05) is 0 Å². The highest BCUT2D eigenvalue weighted by Crippen LogP contribution is 2.54. The largest absolute Gasteiger partial charge is 0.309 e. The molecule has 3 heterocycles. The van der Waals surface area contributed by atoms with Crippen LogP contribution in [0.1, 0.15) is 49.9 Å². The topological polar surface area (TPSA) is 35.6 Å².